The lowest BCUT2D eigenvalue weighted by atomic mass is 9.95. The Bertz CT molecular complexity index is 735. The highest BCUT2D eigenvalue weighted by atomic mass is 35.5. The summed E-state index contributed by atoms with van der Waals surface area (Å²) in [5.74, 6) is 0.297. The van der Waals surface area contributed by atoms with Crippen molar-refractivity contribution in [3.63, 3.8) is 0 Å². The van der Waals surface area contributed by atoms with Crippen LogP contribution in [0.15, 0.2) is 48.5 Å². The average molecular weight is 386 g/mol. The van der Waals surface area contributed by atoms with Crippen LogP contribution in [0, 0.1) is 5.92 Å². The van der Waals surface area contributed by atoms with Crippen LogP contribution in [0.3, 0.4) is 0 Å². The molecule has 2 aromatic rings. The van der Waals surface area contributed by atoms with Gasteiger partial charge in [0.15, 0.2) is 0 Å². The summed E-state index contributed by atoms with van der Waals surface area (Å²) in [6.07, 6.45) is 1.83. The predicted molar refractivity (Wildman–Crippen MR) is 112 cm³/mol. The number of likely N-dealkylation sites (tertiary alicyclic amines) is 1. The molecule has 1 heterocycles. The van der Waals surface area contributed by atoms with Gasteiger partial charge in [0.25, 0.3) is 0 Å². The van der Waals surface area contributed by atoms with Crippen molar-refractivity contribution in [1.29, 1.82) is 0 Å². The first kappa shape index (κ1) is 19.7. The highest BCUT2D eigenvalue weighted by Gasteiger charge is 2.24. The number of nitrogens with one attached hydrogen (secondary N) is 1. The molecule has 2 aromatic carbocycles. The van der Waals surface area contributed by atoms with E-state index in [1.165, 1.54) is 5.56 Å². The minimum absolute atomic E-state index is 0.118. The van der Waals surface area contributed by atoms with E-state index in [0.29, 0.717) is 6.54 Å². The number of anilines is 1. The van der Waals surface area contributed by atoms with E-state index >= 15 is 0 Å². The Hall–Kier alpha value is -2.04. The van der Waals surface area contributed by atoms with Gasteiger partial charge in [0, 0.05) is 43.8 Å². The molecule has 0 atom stereocenters. The Kier molecular flexibility index (Phi) is 6.75. The zero-order valence-electron chi connectivity index (χ0n) is 16.1. The second kappa shape index (κ2) is 9.25. The van der Waals surface area contributed by atoms with Crippen molar-refractivity contribution in [2.75, 3.05) is 32.1 Å². The second-order valence-electron chi connectivity index (χ2n) is 7.46. The summed E-state index contributed by atoms with van der Waals surface area (Å²) < 4.78 is 0. The molecule has 0 spiro atoms. The summed E-state index contributed by atoms with van der Waals surface area (Å²) in [6, 6.07) is 16.3. The molecule has 0 bridgehead atoms. The van der Waals surface area contributed by atoms with Crippen LogP contribution >= 0.6 is 11.6 Å². The SMILES string of the molecule is CN(C)c1ccc(CNC(=O)C2CCN(Cc3ccc(Cl)cc3)CC2)cc1. The zero-order chi connectivity index (χ0) is 19.2. The van der Waals surface area contributed by atoms with Crippen molar-refractivity contribution in [3.8, 4) is 0 Å². The molecule has 1 aliphatic heterocycles. The van der Waals surface area contributed by atoms with Gasteiger partial charge in [-0.25, -0.2) is 0 Å². The number of amides is 1. The Morgan fingerprint density at radius 3 is 2.22 bits per heavy atom. The van der Waals surface area contributed by atoms with E-state index in [-0.39, 0.29) is 11.8 Å². The molecule has 3 rings (SSSR count). The van der Waals surface area contributed by atoms with Gasteiger partial charge in [-0.1, -0.05) is 35.9 Å². The van der Waals surface area contributed by atoms with Crippen LogP contribution in [-0.2, 0) is 17.9 Å². The van der Waals surface area contributed by atoms with Crippen LogP contribution in [0.25, 0.3) is 0 Å². The number of halogens is 1. The lowest BCUT2D eigenvalue weighted by Gasteiger charge is -2.31. The first-order valence-corrected chi connectivity index (χ1v) is 9.90. The number of carbonyl (C=O) groups is 1. The number of rotatable bonds is 6. The van der Waals surface area contributed by atoms with E-state index in [1.54, 1.807) is 0 Å². The summed E-state index contributed by atoms with van der Waals surface area (Å²) in [4.78, 5) is 17.0. The van der Waals surface area contributed by atoms with E-state index in [0.717, 1.165) is 48.7 Å². The van der Waals surface area contributed by atoms with Gasteiger partial charge < -0.3 is 10.2 Å². The fraction of sp³-hybridized carbons (Fsp3) is 0.409. The van der Waals surface area contributed by atoms with Crippen LogP contribution in [0.4, 0.5) is 5.69 Å². The maximum atomic E-state index is 12.5. The smallest absolute Gasteiger partial charge is 0.223 e. The van der Waals surface area contributed by atoms with Gasteiger partial charge in [-0.15, -0.1) is 0 Å². The monoisotopic (exact) mass is 385 g/mol. The number of carbonyl (C=O) groups excluding carboxylic acids is 1. The van der Waals surface area contributed by atoms with Crippen molar-refractivity contribution in [2.45, 2.75) is 25.9 Å². The van der Waals surface area contributed by atoms with Gasteiger partial charge in [0.1, 0.15) is 0 Å². The minimum atomic E-state index is 0.118. The van der Waals surface area contributed by atoms with Crippen LogP contribution in [0.5, 0.6) is 0 Å². The van der Waals surface area contributed by atoms with E-state index in [1.807, 2.05) is 26.2 Å². The average Bonchev–Trinajstić information content (AvgIpc) is 2.69. The normalized spacial score (nSPS) is 15.5. The molecule has 0 radical (unpaired) electrons. The Morgan fingerprint density at radius 2 is 1.63 bits per heavy atom. The molecule has 1 saturated heterocycles. The maximum Gasteiger partial charge on any atom is 0.223 e. The maximum absolute atomic E-state index is 12.5. The predicted octanol–water partition coefficient (Wildman–Crippen LogP) is 3.93. The summed E-state index contributed by atoms with van der Waals surface area (Å²) >= 11 is 5.94. The molecular formula is C22H28ClN3O. The lowest BCUT2D eigenvalue weighted by molar-refractivity contribution is -0.126. The fourth-order valence-corrected chi connectivity index (χ4v) is 3.57. The molecule has 1 aliphatic rings. The summed E-state index contributed by atoms with van der Waals surface area (Å²) in [6.45, 7) is 3.43. The molecular weight excluding hydrogens is 358 g/mol. The Morgan fingerprint density at radius 1 is 1.04 bits per heavy atom. The Balaban J connectivity index is 1.42. The highest BCUT2D eigenvalue weighted by Crippen LogP contribution is 2.20. The number of nitrogens with zero attached hydrogens (tertiary/aromatic N) is 2. The van der Waals surface area contributed by atoms with Crippen LogP contribution < -0.4 is 10.2 Å². The third kappa shape index (κ3) is 5.72. The van der Waals surface area contributed by atoms with Gasteiger partial charge in [0.05, 0.1) is 0 Å². The quantitative estimate of drug-likeness (QED) is 0.818. The summed E-state index contributed by atoms with van der Waals surface area (Å²) in [5.41, 5.74) is 3.57. The first-order chi connectivity index (χ1) is 13.0. The molecule has 1 amide bonds. The highest BCUT2D eigenvalue weighted by molar-refractivity contribution is 6.30. The van der Waals surface area contributed by atoms with Gasteiger partial charge in [-0.05, 0) is 61.3 Å². The van der Waals surface area contributed by atoms with Gasteiger partial charge >= 0.3 is 0 Å². The van der Waals surface area contributed by atoms with E-state index < -0.39 is 0 Å². The van der Waals surface area contributed by atoms with Crippen molar-refractivity contribution in [1.82, 2.24) is 10.2 Å². The molecule has 5 heteroatoms. The third-order valence-electron chi connectivity index (χ3n) is 5.20. The number of benzene rings is 2. The molecule has 0 saturated carbocycles. The van der Waals surface area contributed by atoms with Gasteiger partial charge in [-0.3, -0.25) is 9.69 Å². The fourth-order valence-electron chi connectivity index (χ4n) is 3.45. The standard InChI is InChI=1S/C22H28ClN3O/c1-25(2)21-9-5-17(6-10-21)15-24-22(27)19-11-13-26(14-12-19)16-18-3-7-20(23)8-4-18/h3-10,19H,11-16H2,1-2H3,(H,24,27). The van der Waals surface area contributed by atoms with Crippen molar-refractivity contribution < 1.29 is 4.79 Å². The minimum Gasteiger partial charge on any atom is -0.378 e. The molecule has 1 fully saturated rings. The van der Waals surface area contributed by atoms with E-state index in [4.69, 9.17) is 11.6 Å². The van der Waals surface area contributed by atoms with E-state index in [2.05, 4.69) is 51.5 Å². The largest absolute Gasteiger partial charge is 0.378 e. The molecule has 0 aromatic heterocycles. The molecule has 0 aliphatic carbocycles. The number of hydrogen-bond acceptors (Lipinski definition) is 3. The molecule has 1 N–H and O–H groups in total. The number of piperidine rings is 1. The van der Waals surface area contributed by atoms with Crippen LogP contribution in [-0.4, -0.2) is 38.0 Å². The molecule has 144 valence electrons. The van der Waals surface area contributed by atoms with Crippen molar-refractivity contribution >= 4 is 23.2 Å². The number of hydrogen-bond donors (Lipinski definition) is 1. The lowest BCUT2D eigenvalue weighted by Crippen LogP contribution is -2.40. The topological polar surface area (TPSA) is 35.6 Å². The van der Waals surface area contributed by atoms with Crippen LogP contribution in [0.1, 0.15) is 24.0 Å². The molecule has 4 nitrogen and oxygen atoms in total. The molecule has 27 heavy (non-hydrogen) atoms. The zero-order valence-corrected chi connectivity index (χ0v) is 16.9. The van der Waals surface area contributed by atoms with E-state index in [9.17, 15) is 4.79 Å². The Labute approximate surface area is 167 Å². The van der Waals surface area contributed by atoms with Gasteiger partial charge in [0.2, 0.25) is 5.91 Å². The second-order valence-corrected chi connectivity index (χ2v) is 7.89. The van der Waals surface area contributed by atoms with Crippen LogP contribution in [0.2, 0.25) is 5.02 Å². The first-order valence-electron chi connectivity index (χ1n) is 9.52. The molecule has 0 unspecified atom stereocenters. The van der Waals surface area contributed by atoms with Gasteiger partial charge in [-0.2, -0.15) is 0 Å². The van der Waals surface area contributed by atoms with Crippen molar-refractivity contribution in [2.24, 2.45) is 5.92 Å². The summed E-state index contributed by atoms with van der Waals surface area (Å²) in [5, 5.41) is 3.87. The van der Waals surface area contributed by atoms with Crippen molar-refractivity contribution in [3.05, 3.63) is 64.7 Å². The summed E-state index contributed by atoms with van der Waals surface area (Å²) in [7, 11) is 4.05. The third-order valence-corrected chi connectivity index (χ3v) is 5.45.